The van der Waals surface area contributed by atoms with Crippen molar-refractivity contribution >= 4 is 16.8 Å². The number of phenols is 1. The molecule has 2 aliphatic rings. The number of fused-ring (bicyclic) bond motifs is 2. The summed E-state index contributed by atoms with van der Waals surface area (Å²) >= 11 is 0. The van der Waals surface area contributed by atoms with Crippen LogP contribution in [0.25, 0.3) is 33.5 Å². The average molecular weight is 528 g/mol. The Labute approximate surface area is 228 Å². The number of likely N-dealkylation sites (tertiary alicyclic amines) is 1. The molecule has 204 valence electrons. The van der Waals surface area contributed by atoms with Gasteiger partial charge in [-0.05, 0) is 74.4 Å². The zero-order chi connectivity index (χ0) is 27.3. The number of hydrogen-bond acceptors (Lipinski definition) is 6. The number of aromatic hydroxyl groups is 1. The van der Waals surface area contributed by atoms with Crippen molar-refractivity contribution in [1.29, 1.82) is 0 Å². The molecule has 39 heavy (non-hydrogen) atoms. The molecule has 0 aliphatic carbocycles. The van der Waals surface area contributed by atoms with Crippen molar-refractivity contribution in [3.8, 4) is 28.4 Å². The van der Waals surface area contributed by atoms with Crippen LogP contribution in [0.2, 0.25) is 0 Å². The number of aromatic amines is 2. The van der Waals surface area contributed by atoms with Gasteiger partial charge in [0.1, 0.15) is 11.4 Å². The summed E-state index contributed by atoms with van der Waals surface area (Å²) in [6.07, 6.45) is 2.44. The van der Waals surface area contributed by atoms with Gasteiger partial charge in [-0.15, -0.1) is 0 Å². The first kappa shape index (κ1) is 25.6. The number of carbonyl (C=O) groups excluding carboxylic acids is 1. The highest BCUT2D eigenvalue weighted by molar-refractivity contribution is 5.94. The maximum atomic E-state index is 13.5. The van der Waals surface area contributed by atoms with Crippen LogP contribution in [0.4, 0.5) is 0 Å². The van der Waals surface area contributed by atoms with Gasteiger partial charge in [0.25, 0.3) is 0 Å². The van der Waals surface area contributed by atoms with E-state index in [0.29, 0.717) is 19.0 Å². The predicted octanol–water partition coefficient (Wildman–Crippen LogP) is 3.80. The van der Waals surface area contributed by atoms with Gasteiger partial charge in [-0.2, -0.15) is 5.10 Å². The highest BCUT2D eigenvalue weighted by Crippen LogP contribution is 2.33. The Kier molecular flexibility index (Phi) is 6.64. The van der Waals surface area contributed by atoms with Crippen molar-refractivity contribution in [3.63, 3.8) is 0 Å². The molecule has 9 heteroatoms. The minimum atomic E-state index is -0.173. The third-order valence-electron chi connectivity index (χ3n) is 8.32. The number of nitrogens with zero attached hydrogens (tertiary/aromatic N) is 5. The number of benzene rings is 2. The number of rotatable bonds is 7. The molecule has 4 aromatic rings. The molecule has 2 aliphatic heterocycles. The molecule has 1 saturated heterocycles. The van der Waals surface area contributed by atoms with E-state index in [1.54, 1.807) is 6.07 Å². The lowest BCUT2D eigenvalue weighted by molar-refractivity contribution is -0.144. The third kappa shape index (κ3) is 4.59. The van der Waals surface area contributed by atoms with Crippen molar-refractivity contribution in [2.75, 3.05) is 33.7 Å². The molecular weight excluding hydrogens is 490 g/mol. The molecule has 0 radical (unpaired) electrons. The molecule has 2 aromatic heterocycles. The maximum absolute atomic E-state index is 13.5. The van der Waals surface area contributed by atoms with E-state index in [-0.39, 0.29) is 17.7 Å². The summed E-state index contributed by atoms with van der Waals surface area (Å²) < 4.78 is 0. The first-order chi connectivity index (χ1) is 18.9. The number of H-pyrrole nitrogens is 2. The Morgan fingerprint density at radius 3 is 2.72 bits per heavy atom. The number of phenolic OH excluding ortho intramolecular Hbond substituents is 1. The van der Waals surface area contributed by atoms with Crippen LogP contribution in [0.5, 0.6) is 5.75 Å². The molecule has 0 unspecified atom stereocenters. The van der Waals surface area contributed by atoms with E-state index in [2.05, 4.69) is 71.1 Å². The van der Waals surface area contributed by atoms with Gasteiger partial charge in [0.05, 0.1) is 22.9 Å². The van der Waals surface area contributed by atoms with Crippen LogP contribution >= 0.6 is 0 Å². The molecule has 2 aromatic carbocycles. The number of hydrogen-bond donors (Lipinski definition) is 3. The molecule has 0 saturated carbocycles. The van der Waals surface area contributed by atoms with Crippen LogP contribution in [0, 0.1) is 0 Å². The van der Waals surface area contributed by atoms with E-state index < -0.39 is 0 Å². The lowest BCUT2D eigenvalue weighted by Crippen LogP contribution is -2.63. The lowest BCUT2D eigenvalue weighted by atomic mass is 9.97. The normalized spacial score (nSPS) is 18.1. The summed E-state index contributed by atoms with van der Waals surface area (Å²) in [6, 6.07) is 12.1. The molecule has 9 nitrogen and oxygen atoms in total. The van der Waals surface area contributed by atoms with Gasteiger partial charge >= 0.3 is 0 Å². The molecular formula is C30H37N7O2. The molecule has 1 amide bonds. The Morgan fingerprint density at radius 1 is 1.15 bits per heavy atom. The summed E-state index contributed by atoms with van der Waals surface area (Å²) in [4.78, 5) is 28.4. The Hall–Kier alpha value is -3.69. The maximum Gasteiger partial charge on any atom is 0.240 e. The number of likely N-dealkylation sites (N-methyl/N-ethyl adjacent to an activating group) is 1. The Morgan fingerprint density at radius 2 is 1.97 bits per heavy atom. The quantitative estimate of drug-likeness (QED) is 0.338. The topological polar surface area (TPSA) is 104 Å². The minimum Gasteiger partial charge on any atom is -0.508 e. The smallest absolute Gasteiger partial charge is 0.240 e. The van der Waals surface area contributed by atoms with Crippen LogP contribution in [-0.2, 0) is 24.2 Å². The highest BCUT2D eigenvalue weighted by atomic mass is 16.3. The van der Waals surface area contributed by atoms with Crippen LogP contribution in [0.1, 0.15) is 37.2 Å². The van der Waals surface area contributed by atoms with E-state index in [1.807, 2.05) is 17.0 Å². The molecule has 0 spiro atoms. The van der Waals surface area contributed by atoms with E-state index in [0.717, 1.165) is 83.0 Å². The number of aryl methyl sites for hydroxylation is 1. The monoisotopic (exact) mass is 527 g/mol. The van der Waals surface area contributed by atoms with Gasteiger partial charge in [-0.3, -0.25) is 14.8 Å². The van der Waals surface area contributed by atoms with Crippen molar-refractivity contribution in [3.05, 3.63) is 53.3 Å². The largest absolute Gasteiger partial charge is 0.508 e. The lowest BCUT2D eigenvalue weighted by Gasteiger charge is -2.46. The minimum absolute atomic E-state index is 0.173. The Balaban J connectivity index is 1.27. The first-order valence-corrected chi connectivity index (χ1v) is 13.9. The second kappa shape index (κ2) is 10.1. The summed E-state index contributed by atoms with van der Waals surface area (Å²) in [5.41, 5.74) is 7.03. The predicted molar refractivity (Wildman–Crippen MR) is 152 cm³/mol. The van der Waals surface area contributed by atoms with E-state index >= 15 is 0 Å². The second-order valence-corrected chi connectivity index (χ2v) is 11.1. The fourth-order valence-corrected chi connectivity index (χ4v) is 5.94. The van der Waals surface area contributed by atoms with Gasteiger partial charge < -0.3 is 19.9 Å². The summed E-state index contributed by atoms with van der Waals surface area (Å²) in [5.74, 6) is 1.24. The molecule has 1 fully saturated rings. The molecule has 4 heterocycles. The second-order valence-electron chi connectivity index (χ2n) is 11.1. The van der Waals surface area contributed by atoms with Crippen LogP contribution in [-0.4, -0.2) is 91.7 Å². The van der Waals surface area contributed by atoms with Gasteiger partial charge in [0.15, 0.2) is 5.82 Å². The van der Waals surface area contributed by atoms with Gasteiger partial charge in [0, 0.05) is 37.5 Å². The number of aromatic nitrogens is 4. The van der Waals surface area contributed by atoms with Gasteiger partial charge in [-0.1, -0.05) is 26.0 Å². The SMILES string of the molecule is CCCN1Cc2[nH]c(-c3n[nH]c4cc(-c5ccc(O)cc5CC)ccc34)nc2C[C@H]1C(=O)N1CC(N(C)C)C1. The van der Waals surface area contributed by atoms with Crippen LogP contribution < -0.4 is 0 Å². The number of carbonyl (C=O) groups is 1. The number of nitrogens with one attached hydrogen (secondary N) is 2. The van der Waals surface area contributed by atoms with E-state index in [1.165, 1.54) is 0 Å². The third-order valence-corrected chi connectivity index (χ3v) is 8.32. The standard InChI is InChI=1S/C30H37N7O2/c1-5-11-36-17-26-25(14-27(36)30(39)37-15-20(16-37)35(3)4)31-29(32-26)28-23-9-7-19(13-24(23)33-34-28)22-10-8-21(38)12-18(22)6-2/h7-10,12-13,20,27,38H,5-6,11,14-17H2,1-4H3,(H,31,32)(H,33,34)/t27-/m0/s1. The first-order valence-electron chi connectivity index (χ1n) is 13.9. The summed E-state index contributed by atoms with van der Waals surface area (Å²) in [6.45, 7) is 7.41. The zero-order valence-corrected chi connectivity index (χ0v) is 23.2. The van der Waals surface area contributed by atoms with E-state index in [4.69, 9.17) is 4.98 Å². The highest BCUT2D eigenvalue weighted by Gasteiger charge is 2.40. The summed E-state index contributed by atoms with van der Waals surface area (Å²) in [7, 11) is 4.15. The fourth-order valence-electron chi connectivity index (χ4n) is 5.94. The van der Waals surface area contributed by atoms with E-state index in [9.17, 15) is 9.90 Å². The van der Waals surface area contributed by atoms with Crippen molar-refractivity contribution in [1.82, 2.24) is 34.9 Å². The molecule has 3 N–H and O–H groups in total. The van der Waals surface area contributed by atoms with Gasteiger partial charge in [0.2, 0.25) is 5.91 Å². The number of amides is 1. The average Bonchev–Trinajstić information content (AvgIpc) is 3.50. The zero-order valence-electron chi connectivity index (χ0n) is 23.2. The van der Waals surface area contributed by atoms with Crippen LogP contribution in [0.15, 0.2) is 36.4 Å². The molecule has 6 rings (SSSR count). The molecule has 1 atom stereocenters. The van der Waals surface area contributed by atoms with Crippen LogP contribution in [0.3, 0.4) is 0 Å². The number of imidazole rings is 1. The Bertz CT molecular complexity index is 1520. The molecule has 0 bridgehead atoms. The van der Waals surface area contributed by atoms with Crippen molar-refractivity contribution < 1.29 is 9.90 Å². The van der Waals surface area contributed by atoms with Gasteiger partial charge in [-0.25, -0.2) is 4.98 Å². The van der Waals surface area contributed by atoms with Crippen molar-refractivity contribution in [2.24, 2.45) is 0 Å². The fraction of sp³-hybridized carbons (Fsp3) is 0.433. The summed E-state index contributed by atoms with van der Waals surface area (Å²) in [5, 5.41) is 18.7. The van der Waals surface area contributed by atoms with Crippen molar-refractivity contribution in [2.45, 2.75) is 51.7 Å².